The van der Waals surface area contributed by atoms with E-state index in [1.165, 1.54) is 65.7 Å². The number of nitrogens with zero attached hydrogens (tertiary/aromatic N) is 2. The Balaban J connectivity index is 1.04. The number of hydrogen-bond acceptors (Lipinski definition) is 1. The first-order valence-electron chi connectivity index (χ1n) is 18.8. The van der Waals surface area contributed by atoms with E-state index in [1.54, 1.807) is 0 Å². The molecule has 1 aliphatic rings. The Morgan fingerprint density at radius 2 is 0.891 bits per heavy atom. The Morgan fingerprint density at radius 1 is 0.291 bits per heavy atom. The van der Waals surface area contributed by atoms with E-state index in [9.17, 15) is 0 Å². The molecule has 0 N–H and O–H groups in total. The third-order valence-corrected chi connectivity index (χ3v) is 11.5. The van der Waals surface area contributed by atoms with Gasteiger partial charge in [0.2, 0.25) is 0 Å². The van der Waals surface area contributed by atoms with Crippen LogP contribution < -0.4 is 4.74 Å². The monoisotopic (exact) mass is 700 g/mol. The summed E-state index contributed by atoms with van der Waals surface area (Å²) in [6, 6.07) is 70.1. The molecule has 11 aromatic rings. The summed E-state index contributed by atoms with van der Waals surface area (Å²) >= 11 is 0. The number of benzene rings is 9. The van der Waals surface area contributed by atoms with E-state index in [2.05, 4.69) is 203 Å². The molecule has 0 radical (unpaired) electrons. The van der Waals surface area contributed by atoms with E-state index in [-0.39, 0.29) is 0 Å². The van der Waals surface area contributed by atoms with Crippen molar-refractivity contribution in [3.63, 3.8) is 0 Å². The Hall–Kier alpha value is -7.36. The predicted molar refractivity (Wildman–Crippen MR) is 229 cm³/mol. The topological polar surface area (TPSA) is 19.1 Å². The van der Waals surface area contributed by atoms with Crippen LogP contribution in [0.4, 0.5) is 0 Å². The van der Waals surface area contributed by atoms with Gasteiger partial charge in [-0.2, -0.15) is 0 Å². The largest absolute Gasteiger partial charge is 0.456 e. The smallest absolute Gasteiger partial charge is 0.138 e. The van der Waals surface area contributed by atoms with E-state index in [4.69, 9.17) is 4.74 Å². The third kappa shape index (κ3) is 4.44. The first-order chi connectivity index (χ1) is 27.3. The Morgan fingerprint density at radius 3 is 1.75 bits per heavy atom. The van der Waals surface area contributed by atoms with Crippen molar-refractivity contribution in [3.8, 4) is 56.3 Å². The summed E-state index contributed by atoms with van der Waals surface area (Å²) in [6.07, 6.45) is 0. The van der Waals surface area contributed by atoms with Crippen LogP contribution in [0, 0.1) is 0 Å². The van der Waals surface area contributed by atoms with Gasteiger partial charge in [-0.3, -0.25) is 0 Å². The van der Waals surface area contributed by atoms with Crippen molar-refractivity contribution in [3.05, 3.63) is 194 Å². The van der Waals surface area contributed by atoms with Gasteiger partial charge in [0.25, 0.3) is 0 Å². The van der Waals surface area contributed by atoms with Crippen LogP contribution in [0.15, 0.2) is 194 Å². The minimum atomic E-state index is 0.874. The number of aromatic nitrogens is 2. The summed E-state index contributed by atoms with van der Waals surface area (Å²) in [5, 5.41) is 7.32. The number of fused-ring (bicyclic) bond motifs is 9. The summed E-state index contributed by atoms with van der Waals surface area (Å²) in [6.45, 7) is 0. The van der Waals surface area contributed by atoms with Crippen LogP contribution in [-0.4, -0.2) is 9.13 Å². The lowest BCUT2D eigenvalue weighted by Gasteiger charge is -2.23. The van der Waals surface area contributed by atoms with Crippen LogP contribution in [0.3, 0.4) is 0 Å². The molecule has 3 nitrogen and oxygen atoms in total. The lowest BCUT2D eigenvalue weighted by molar-refractivity contribution is 0.487. The second-order valence-corrected chi connectivity index (χ2v) is 14.5. The van der Waals surface area contributed by atoms with Gasteiger partial charge in [0, 0.05) is 49.9 Å². The molecule has 1 aliphatic heterocycles. The molecule has 3 heterocycles. The lowest BCUT2D eigenvalue weighted by Crippen LogP contribution is -1.99. The van der Waals surface area contributed by atoms with Crippen LogP contribution >= 0.6 is 0 Å². The summed E-state index contributed by atoms with van der Waals surface area (Å²) in [7, 11) is 0. The van der Waals surface area contributed by atoms with E-state index in [0.717, 1.165) is 44.9 Å². The lowest BCUT2D eigenvalue weighted by atomic mass is 9.90. The van der Waals surface area contributed by atoms with Crippen molar-refractivity contribution in [1.82, 2.24) is 9.13 Å². The molecule has 0 unspecified atom stereocenters. The fourth-order valence-electron chi connectivity index (χ4n) is 9.08. The number of rotatable bonds is 4. The first kappa shape index (κ1) is 30.1. The number of hydrogen-bond donors (Lipinski definition) is 0. The van der Waals surface area contributed by atoms with Gasteiger partial charge in [0.1, 0.15) is 11.5 Å². The average Bonchev–Trinajstić information content (AvgIpc) is 3.77. The van der Waals surface area contributed by atoms with Crippen LogP contribution in [-0.2, 0) is 0 Å². The maximum Gasteiger partial charge on any atom is 0.138 e. The van der Waals surface area contributed by atoms with Gasteiger partial charge in [-0.25, -0.2) is 0 Å². The van der Waals surface area contributed by atoms with Crippen LogP contribution in [0.2, 0.25) is 0 Å². The van der Waals surface area contributed by atoms with Gasteiger partial charge in [0.15, 0.2) is 0 Å². The molecular formula is C52H32N2O. The third-order valence-electron chi connectivity index (χ3n) is 11.5. The van der Waals surface area contributed by atoms with Crippen molar-refractivity contribution in [1.29, 1.82) is 0 Å². The molecule has 0 saturated heterocycles. The van der Waals surface area contributed by atoms with E-state index in [0.29, 0.717) is 0 Å². The summed E-state index contributed by atoms with van der Waals surface area (Å²) in [5.74, 6) is 1.76. The van der Waals surface area contributed by atoms with Crippen LogP contribution in [0.25, 0.3) is 99.1 Å². The molecule has 0 amide bonds. The van der Waals surface area contributed by atoms with Crippen molar-refractivity contribution in [2.24, 2.45) is 0 Å². The van der Waals surface area contributed by atoms with E-state index >= 15 is 0 Å². The molecule has 0 aliphatic carbocycles. The Labute approximate surface area is 317 Å². The fraction of sp³-hybridized carbons (Fsp3) is 0. The second kappa shape index (κ2) is 11.6. The Kier molecular flexibility index (Phi) is 6.34. The van der Waals surface area contributed by atoms with Crippen molar-refractivity contribution in [2.75, 3.05) is 0 Å². The first-order valence-corrected chi connectivity index (χ1v) is 18.8. The summed E-state index contributed by atoms with van der Waals surface area (Å²) < 4.78 is 11.7. The average molecular weight is 701 g/mol. The van der Waals surface area contributed by atoms with Gasteiger partial charge in [-0.05, 0) is 93.9 Å². The number of para-hydroxylation sites is 3. The maximum absolute atomic E-state index is 6.89. The van der Waals surface area contributed by atoms with Crippen molar-refractivity contribution >= 4 is 54.4 Å². The highest BCUT2D eigenvalue weighted by molar-refractivity contribution is 6.25. The normalized spacial score (nSPS) is 12.1. The van der Waals surface area contributed by atoms with E-state index < -0.39 is 0 Å². The molecular weight excluding hydrogens is 669 g/mol. The van der Waals surface area contributed by atoms with Gasteiger partial charge in [-0.1, -0.05) is 127 Å². The fourth-order valence-corrected chi connectivity index (χ4v) is 9.08. The molecule has 0 atom stereocenters. The van der Waals surface area contributed by atoms with Crippen LogP contribution in [0.1, 0.15) is 0 Å². The zero-order chi connectivity index (χ0) is 36.0. The molecule has 55 heavy (non-hydrogen) atoms. The highest BCUT2D eigenvalue weighted by atomic mass is 16.5. The summed E-state index contributed by atoms with van der Waals surface area (Å²) in [4.78, 5) is 0. The maximum atomic E-state index is 6.89. The van der Waals surface area contributed by atoms with Gasteiger partial charge >= 0.3 is 0 Å². The highest BCUT2D eigenvalue weighted by Crippen LogP contribution is 2.51. The molecule has 12 rings (SSSR count). The standard InChI is InChI=1S/C52H32N2O/c1-3-13-33(14-4-1)34-15-11-18-38(29-34)54-46-24-10-8-20-41(46)51-42-22-12-21-40-44-31-36(26-28-49(44)55-50(52(40)42)32-48(51)54)35-25-27-47-43(30-35)39-19-7-9-23-45(39)53(47)37-16-5-2-6-17-37/h1-32H. The molecule has 0 fully saturated rings. The second-order valence-electron chi connectivity index (χ2n) is 14.5. The molecule has 0 saturated carbocycles. The minimum absolute atomic E-state index is 0.874. The molecule has 9 aromatic carbocycles. The Bertz CT molecular complexity index is 3330. The number of ether oxygens (including phenoxy) is 1. The zero-order valence-electron chi connectivity index (χ0n) is 29.8. The van der Waals surface area contributed by atoms with Crippen LogP contribution in [0.5, 0.6) is 11.5 Å². The summed E-state index contributed by atoms with van der Waals surface area (Å²) in [5.41, 5.74) is 14.1. The van der Waals surface area contributed by atoms with Crippen molar-refractivity contribution < 1.29 is 4.74 Å². The molecule has 256 valence electrons. The van der Waals surface area contributed by atoms with Crippen molar-refractivity contribution in [2.45, 2.75) is 0 Å². The minimum Gasteiger partial charge on any atom is -0.456 e. The van der Waals surface area contributed by atoms with Gasteiger partial charge in [-0.15, -0.1) is 0 Å². The molecule has 2 aromatic heterocycles. The quantitative estimate of drug-likeness (QED) is 0.179. The van der Waals surface area contributed by atoms with Gasteiger partial charge in [0.05, 0.1) is 22.1 Å². The SMILES string of the molecule is c1ccc(-c2cccc(-n3c4ccccc4c4c5cccc6c5c(cc43)Oc3ccc(-c4ccc5c(c4)c4ccccc4n5-c4ccccc4)cc3-6)c2)cc1. The molecule has 3 heteroatoms. The molecule has 0 spiro atoms. The zero-order valence-corrected chi connectivity index (χ0v) is 29.8. The van der Waals surface area contributed by atoms with E-state index in [1.807, 2.05) is 0 Å². The predicted octanol–water partition coefficient (Wildman–Crippen LogP) is 14.1. The highest BCUT2D eigenvalue weighted by Gasteiger charge is 2.25. The van der Waals surface area contributed by atoms with Gasteiger partial charge < -0.3 is 13.9 Å². The molecule has 0 bridgehead atoms.